The monoisotopic (exact) mass is 421 g/mol. The summed E-state index contributed by atoms with van der Waals surface area (Å²) in [6.45, 7) is 3.51. The van der Waals surface area contributed by atoms with Gasteiger partial charge < -0.3 is 19.5 Å². The van der Waals surface area contributed by atoms with Crippen molar-refractivity contribution in [1.82, 2.24) is 10.1 Å². The Hall–Kier alpha value is -3.94. The minimum atomic E-state index is -1.10. The van der Waals surface area contributed by atoms with Crippen LogP contribution in [0.2, 0.25) is 0 Å². The fraction of sp³-hybridized carbons (Fsp3) is 0.217. The van der Waals surface area contributed by atoms with Crippen LogP contribution in [0.4, 0.5) is 5.82 Å². The van der Waals surface area contributed by atoms with E-state index in [-0.39, 0.29) is 22.9 Å². The number of nitrogens with zero attached hydrogens (tertiary/aromatic N) is 2. The number of amides is 2. The first-order valence-electron chi connectivity index (χ1n) is 9.68. The molecule has 0 fully saturated rings. The summed E-state index contributed by atoms with van der Waals surface area (Å²) in [4.78, 5) is 39.5. The number of carbonyl (C=O) groups excluding carboxylic acids is 3. The molecule has 0 saturated heterocycles. The van der Waals surface area contributed by atoms with Crippen molar-refractivity contribution < 1.29 is 23.6 Å². The number of carbonyl (C=O) groups is 3. The van der Waals surface area contributed by atoms with E-state index in [9.17, 15) is 14.4 Å². The Morgan fingerprint density at radius 2 is 1.71 bits per heavy atom. The van der Waals surface area contributed by atoms with Crippen LogP contribution in [0, 0.1) is 6.92 Å². The van der Waals surface area contributed by atoms with Crippen molar-refractivity contribution in [3.05, 3.63) is 83.1 Å². The van der Waals surface area contributed by atoms with Crippen molar-refractivity contribution in [2.75, 3.05) is 12.4 Å². The first-order valence-corrected chi connectivity index (χ1v) is 9.68. The maximum Gasteiger partial charge on any atom is 0.339 e. The van der Waals surface area contributed by atoms with Gasteiger partial charge in [0.15, 0.2) is 11.9 Å². The predicted molar refractivity (Wildman–Crippen MR) is 113 cm³/mol. The molecule has 8 nitrogen and oxygen atoms in total. The molecule has 0 unspecified atom stereocenters. The third-order valence-corrected chi connectivity index (χ3v) is 4.52. The number of anilines is 1. The molecule has 8 heteroatoms. The number of rotatable bonds is 7. The molecule has 3 rings (SSSR count). The molecule has 1 atom stereocenters. The van der Waals surface area contributed by atoms with Gasteiger partial charge in [-0.25, -0.2) is 4.79 Å². The third-order valence-electron chi connectivity index (χ3n) is 4.52. The van der Waals surface area contributed by atoms with E-state index in [1.165, 1.54) is 17.9 Å². The standard InChI is InChI=1S/C23H23N3O5/c1-15-13-20(25-31-15)24-21(27)16(2)30-23(29)19-12-8-7-11-18(19)22(28)26(3)14-17-9-5-4-6-10-17/h4-13,16H,14H2,1-3H3,(H,24,25,27)/t16-/m0/s1. The first-order chi connectivity index (χ1) is 14.8. The third kappa shape index (κ3) is 5.57. The van der Waals surface area contributed by atoms with Gasteiger partial charge in [0.25, 0.3) is 11.8 Å². The molecule has 0 bridgehead atoms. The molecule has 0 aliphatic heterocycles. The van der Waals surface area contributed by atoms with Crippen molar-refractivity contribution in [2.24, 2.45) is 0 Å². The van der Waals surface area contributed by atoms with Crippen LogP contribution >= 0.6 is 0 Å². The van der Waals surface area contributed by atoms with Crippen LogP contribution in [0.5, 0.6) is 0 Å². The minimum Gasteiger partial charge on any atom is -0.449 e. The smallest absolute Gasteiger partial charge is 0.339 e. The highest BCUT2D eigenvalue weighted by Crippen LogP contribution is 2.16. The lowest BCUT2D eigenvalue weighted by molar-refractivity contribution is -0.123. The first kappa shape index (κ1) is 21.8. The lowest BCUT2D eigenvalue weighted by Gasteiger charge is -2.19. The molecule has 1 aromatic heterocycles. The van der Waals surface area contributed by atoms with Crippen LogP contribution in [0.1, 0.15) is 39.0 Å². The van der Waals surface area contributed by atoms with Gasteiger partial charge in [-0.3, -0.25) is 9.59 Å². The molecule has 160 valence electrons. The largest absolute Gasteiger partial charge is 0.449 e. The lowest BCUT2D eigenvalue weighted by Crippen LogP contribution is -2.32. The van der Waals surface area contributed by atoms with Gasteiger partial charge in [0.1, 0.15) is 5.76 Å². The number of hydrogen-bond donors (Lipinski definition) is 1. The Labute approximate surface area is 179 Å². The highest BCUT2D eigenvalue weighted by atomic mass is 16.5. The summed E-state index contributed by atoms with van der Waals surface area (Å²) in [5.74, 6) is -0.898. The van der Waals surface area contributed by atoms with Crippen molar-refractivity contribution >= 4 is 23.6 Å². The van der Waals surface area contributed by atoms with Gasteiger partial charge in [-0.2, -0.15) is 0 Å². The zero-order chi connectivity index (χ0) is 22.4. The number of hydrogen-bond acceptors (Lipinski definition) is 6. The maximum atomic E-state index is 13.0. The molecule has 0 aliphatic carbocycles. The zero-order valence-corrected chi connectivity index (χ0v) is 17.5. The number of esters is 1. The molecule has 0 radical (unpaired) electrons. The Kier molecular flexibility index (Phi) is 6.81. The number of aromatic nitrogens is 1. The highest BCUT2D eigenvalue weighted by molar-refractivity contribution is 6.06. The summed E-state index contributed by atoms with van der Waals surface area (Å²) >= 11 is 0. The molecule has 3 aromatic rings. The Morgan fingerprint density at radius 1 is 1.06 bits per heavy atom. The quantitative estimate of drug-likeness (QED) is 0.587. The van der Waals surface area contributed by atoms with Crippen LogP contribution < -0.4 is 5.32 Å². The van der Waals surface area contributed by atoms with E-state index < -0.39 is 18.0 Å². The van der Waals surface area contributed by atoms with Crippen LogP contribution in [0.15, 0.2) is 65.2 Å². The minimum absolute atomic E-state index is 0.0874. The highest BCUT2D eigenvalue weighted by Gasteiger charge is 2.24. The van der Waals surface area contributed by atoms with Crippen molar-refractivity contribution in [2.45, 2.75) is 26.5 Å². The van der Waals surface area contributed by atoms with Gasteiger partial charge in [0.2, 0.25) is 0 Å². The molecule has 2 aromatic carbocycles. The number of nitrogens with one attached hydrogen (secondary N) is 1. The molecule has 0 saturated carbocycles. The molecule has 31 heavy (non-hydrogen) atoms. The molecule has 1 N–H and O–H groups in total. The molecule has 0 aliphatic rings. The molecule has 1 heterocycles. The molecule has 0 spiro atoms. The average molecular weight is 421 g/mol. The maximum absolute atomic E-state index is 13.0. The number of benzene rings is 2. The Bertz CT molecular complexity index is 1080. The summed E-state index contributed by atoms with van der Waals surface area (Å²) in [5, 5.41) is 6.17. The Balaban J connectivity index is 1.69. The second kappa shape index (κ2) is 9.71. The lowest BCUT2D eigenvalue weighted by atomic mass is 10.1. The zero-order valence-electron chi connectivity index (χ0n) is 17.5. The van der Waals surface area contributed by atoms with Crippen LogP contribution in [0.25, 0.3) is 0 Å². The summed E-state index contributed by atoms with van der Waals surface area (Å²) in [7, 11) is 1.66. The SMILES string of the molecule is Cc1cc(NC(=O)[C@H](C)OC(=O)c2ccccc2C(=O)N(C)Cc2ccccc2)no1. The summed E-state index contributed by atoms with van der Waals surface area (Å²) in [5.41, 5.74) is 1.25. The van der Waals surface area contributed by atoms with Crippen LogP contribution in [-0.4, -0.2) is 41.0 Å². The van der Waals surface area contributed by atoms with E-state index in [2.05, 4.69) is 10.5 Å². The number of ether oxygens (including phenoxy) is 1. The van der Waals surface area contributed by atoms with Gasteiger partial charge in [0, 0.05) is 19.7 Å². The van der Waals surface area contributed by atoms with Crippen LogP contribution in [0.3, 0.4) is 0 Å². The molecular weight excluding hydrogens is 398 g/mol. The summed E-state index contributed by atoms with van der Waals surface area (Å²) in [6, 6.07) is 17.4. The van der Waals surface area contributed by atoms with E-state index in [1.807, 2.05) is 30.3 Å². The fourth-order valence-electron chi connectivity index (χ4n) is 2.91. The van der Waals surface area contributed by atoms with E-state index >= 15 is 0 Å². The van der Waals surface area contributed by atoms with E-state index in [4.69, 9.17) is 9.26 Å². The second-order valence-electron chi connectivity index (χ2n) is 7.05. The van der Waals surface area contributed by atoms with Gasteiger partial charge in [-0.15, -0.1) is 0 Å². The number of aryl methyl sites for hydroxylation is 1. The normalized spacial score (nSPS) is 11.5. The summed E-state index contributed by atoms with van der Waals surface area (Å²) < 4.78 is 10.2. The van der Waals surface area contributed by atoms with E-state index in [0.29, 0.717) is 12.3 Å². The van der Waals surface area contributed by atoms with Gasteiger partial charge >= 0.3 is 5.97 Å². The van der Waals surface area contributed by atoms with Crippen molar-refractivity contribution in [1.29, 1.82) is 0 Å². The average Bonchev–Trinajstić information content (AvgIpc) is 3.18. The van der Waals surface area contributed by atoms with Crippen molar-refractivity contribution in [3.8, 4) is 0 Å². The Morgan fingerprint density at radius 3 is 2.35 bits per heavy atom. The van der Waals surface area contributed by atoms with Gasteiger partial charge in [-0.1, -0.05) is 47.6 Å². The topological polar surface area (TPSA) is 102 Å². The predicted octanol–water partition coefficient (Wildman–Crippen LogP) is 3.44. The van der Waals surface area contributed by atoms with Gasteiger partial charge in [0.05, 0.1) is 11.1 Å². The second-order valence-corrected chi connectivity index (χ2v) is 7.05. The fourth-order valence-corrected chi connectivity index (χ4v) is 2.91. The molecular formula is C23H23N3O5. The van der Waals surface area contributed by atoms with E-state index in [1.54, 1.807) is 38.2 Å². The van der Waals surface area contributed by atoms with Crippen molar-refractivity contribution in [3.63, 3.8) is 0 Å². The molecule has 2 amide bonds. The van der Waals surface area contributed by atoms with Crippen LogP contribution in [-0.2, 0) is 16.1 Å². The summed E-state index contributed by atoms with van der Waals surface area (Å²) in [6.07, 6.45) is -1.10. The van der Waals surface area contributed by atoms with E-state index in [0.717, 1.165) is 5.56 Å². The van der Waals surface area contributed by atoms with Gasteiger partial charge in [-0.05, 0) is 31.5 Å².